The number of piperidine rings is 1. The fourth-order valence-electron chi connectivity index (χ4n) is 2.55. The van der Waals surface area contributed by atoms with Gasteiger partial charge in [0.25, 0.3) is 0 Å². The molecule has 2 rings (SSSR count). The first-order valence-corrected chi connectivity index (χ1v) is 6.39. The van der Waals surface area contributed by atoms with E-state index >= 15 is 0 Å². The molecule has 1 saturated heterocycles. The highest BCUT2D eigenvalue weighted by Crippen LogP contribution is 2.27. The van der Waals surface area contributed by atoms with Gasteiger partial charge in [-0.2, -0.15) is 0 Å². The summed E-state index contributed by atoms with van der Waals surface area (Å²) < 4.78 is 0. The maximum atomic E-state index is 4.61. The molecule has 1 N–H and O–H groups in total. The molecule has 1 fully saturated rings. The Bertz CT molecular complexity index is 403. The van der Waals surface area contributed by atoms with Crippen molar-refractivity contribution in [3.05, 3.63) is 11.4 Å². The van der Waals surface area contributed by atoms with Gasteiger partial charge in [-0.25, -0.2) is 9.97 Å². The summed E-state index contributed by atoms with van der Waals surface area (Å²) in [5, 5.41) is 3.15. The van der Waals surface area contributed by atoms with Crippen LogP contribution in [0.15, 0.2) is 0 Å². The maximum Gasteiger partial charge on any atom is 0.137 e. The zero-order chi connectivity index (χ0) is 12.4. The molecule has 0 amide bonds. The highest BCUT2D eigenvalue weighted by Gasteiger charge is 2.20. The quantitative estimate of drug-likeness (QED) is 0.853. The zero-order valence-electron chi connectivity index (χ0n) is 11.2. The Kier molecular flexibility index (Phi) is 3.50. The van der Waals surface area contributed by atoms with Gasteiger partial charge < -0.3 is 10.2 Å². The smallest absolute Gasteiger partial charge is 0.137 e. The van der Waals surface area contributed by atoms with Gasteiger partial charge in [0, 0.05) is 25.7 Å². The van der Waals surface area contributed by atoms with E-state index in [1.165, 1.54) is 12.8 Å². The van der Waals surface area contributed by atoms with Crippen LogP contribution < -0.4 is 10.2 Å². The van der Waals surface area contributed by atoms with Crippen molar-refractivity contribution in [2.24, 2.45) is 5.92 Å². The zero-order valence-corrected chi connectivity index (χ0v) is 11.2. The van der Waals surface area contributed by atoms with Gasteiger partial charge in [-0.3, -0.25) is 0 Å². The Morgan fingerprint density at radius 1 is 1.29 bits per heavy atom. The van der Waals surface area contributed by atoms with Crippen molar-refractivity contribution in [2.45, 2.75) is 33.6 Å². The average Bonchev–Trinajstić information content (AvgIpc) is 2.31. The van der Waals surface area contributed by atoms with Crippen LogP contribution in [0.4, 0.5) is 11.6 Å². The van der Waals surface area contributed by atoms with Crippen molar-refractivity contribution in [3.8, 4) is 0 Å². The highest BCUT2D eigenvalue weighted by molar-refractivity contribution is 5.58. The maximum absolute atomic E-state index is 4.61. The number of nitrogens with one attached hydrogen (secondary N) is 1. The standard InChI is InChI=1S/C13H22N4/c1-9-6-5-7-17(8-9)13-10(2)12(14-4)15-11(3)16-13/h9H,5-8H2,1-4H3,(H,14,15,16). The summed E-state index contributed by atoms with van der Waals surface area (Å²) in [5.41, 5.74) is 1.16. The highest BCUT2D eigenvalue weighted by atomic mass is 15.2. The molecule has 0 spiro atoms. The molecule has 4 nitrogen and oxygen atoms in total. The summed E-state index contributed by atoms with van der Waals surface area (Å²) >= 11 is 0. The fraction of sp³-hybridized carbons (Fsp3) is 0.692. The van der Waals surface area contributed by atoms with Gasteiger partial charge in [-0.15, -0.1) is 0 Å². The predicted octanol–water partition coefficient (Wildman–Crippen LogP) is 2.37. The first-order chi connectivity index (χ1) is 8.11. The molecule has 4 heteroatoms. The normalized spacial score (nSPS) is 20.5. The molecule has 1 atom stereocenters. The molecule has 2 heterocycles. The minimum atomic E-state index is 0.761. The van der Waals surface area contributed by atoms with Crippen LogP contribution in [0.5, 0.6) is 0 Å². The van der Waals surface area contributed by atoms with Crippen LogP contribution in [0, 0.1) is 19.8 Å². The van der Waals surface area contributed by atoms with Crippen molar-refractivity contribution in [3.63, 3.8) is 0 Å². The second-order valence-electron chi connectivity index (χ2n) is 5.01. The van der Waals surface area contributed by atoms with Crippen molar-refractivity contribution in [2.75, 3.05) is 30.4 Å². The van der Waals surface area contributed by atoms with Crippen molar-refractivity contribution in [1.29, 1.82) is 0 Å². The summed E-state index contributed by atoms with van der Waals surface area (Å²) in [6, 6.07) is 0. The van der Waals surface area contributed by atoms with Gasteiger partial charge in [0.15, 0.2) is 0 Å². The largest absolute Gasteiger partial charge is 0.373 e. The lowest BCUT2D eigenvalue weighted by atomic mass is 10.00. The molecule has 0 aliphatic carbocycles. The van der Waals surface area contributed by atoms with Gasteiger partial charge in [0.1, 0.15) is 17.5 Å². The van der Waals surface area contributed by atoms with Crippen LogP contribution in [0.1, 0.15) is 31.2 Å². The number of aryl methyl sites for hydroxylation is 1. The number of aromatic nitrogens is 2. The molecule has 1 unspecified atom stereocenters. The number of hydrogen-bond acceptors (Lipinski definition) is 4. The second-order valence-corrected chi connectivity index (χ2v) is 5.01. The topological polar surface area (TPSA) is 41.1 Å². The minimum Gasteiger partial charge on any atom is -0.373 e. The monoisotopic (exact) mass is 234 g/mol. The summed E-state index contributed by atoms with van der Waals surface area (Å²) in [6.45, 7) is 8.59. The average molecular weight is 234 g/mol. The van der Waals surface area contributed by atoms with Crippen molar-refractivity contribution in [1.82, 2.24) is 9.97 Å². The van der Waals surface area contributed by atoms with Gasteiger partial charge in [-0.05, 0) is 32.6 Å². The van der Waals surface area contributed by atoms with Gasteiger partial charge in [-0.1, -0.05) is 6.92 Å². The van der Waals surface area contributed by atoms with E-state index in [-0.39, 0.29) is 0 Å². The lowest BCUT2D eigenvalue weighted by Gasteiger charge is -2.33. The van der Waals surface area contributed by atoms with E-state index in [2.05, 4.69) is 34.0 Å². The molecule has 1 aliphatic heterocycles. The first kappa shape index (κ1) is 12.1. The van der Waals surface area contributed by atoms with Gasteiger partial charge in [0.2, 0.25) is 0 Å². The van der Waals surface area contributed by atoms with E-state index in [1.54, 1.807) is 0 Å². The Morgan fingerprint density at radius 3 is 2.71 bits per heavy atom. The molecule has 0 bridgehead atoms. The summed E-state index contributed by atoms with van der Waals surface area (Å²) in [5.74, 6) is 3.66. The van der Waals surface area contributed by atoms with Crippen LogP contribution >= 0.6 is 0 Å². The molecule has 1 aromatic rings. The van der Waals surface area contributed by atoms with E-state index in [0.29, 0.717) is 0 Å². The molecule has 0 aromatic carbocycles. The molecular formula is C13H22N4. The van der Waals surface area contributed by atoms with Crippen molar-refractivity contribution >= 4 is 11.6 Å². The Morgan fingerprint density at radius 2 is 2.06 bits per heavy atom. The predicted molar refractivity (Wildman–Crippen MR) is 71.7 cm³/mol. The van der Waals surface area contributed by atoms with Crippen LogP contribution in [0.3, 0.4) is 0 Å². The SMILES string of the molecule is CNc1nc(C)nc(N2CCCC(C)C2)c1C. The molecule has 1 aliphatic rings. The fourth-order valence-corrected chi connectivity index (χ4v) is 2.55. The Hall–Kier alpha value is -1.32. The molecule has 0 radical (unpaired) electrons. The molecular weight excluding hydrogens is 212 g/mol. The summed E-state index contributed by atoms with van der Waals surface area (Å²) in [4.78, 5) is 11.4. The van der Waals surface area contributed by atoms with E-state index in [1.807, 2.05) is 14.0 Å². The van der Waals surface area contributed by atoms with E-state index in [0.717, 1.165) is 42.0 Å². The number of nitrogens with zero attached hydrogens (tertiary/aromatic N) is 3. The van der Waals surface area contributed by atoms with E-state index < -0.39 is 0 Å². The van der Waals surface area contributed by atoms with Gasteiger partial charge in [0.05, 0.1) is 0 Å². The third-order valence-electron chi connectivity index (χ3n) is 3.43. The molecule has 94 valence electrons. The minimum absolute atomic E-state index is 0.761. The number of anilines is 2. The third-order valence-corrected chi connectivity index (χ3v) is 3.43. The van der Waals surface area contributed by atoms with Crippen molar-refractivity contribution < 1.29 is 0 Å². The Balaban J connectivity index is 2.33. The van der Waals surface area contributed by atoms with Crippen LogP contribution in [-0.2, 0) is 0 Å². The van der Waals surface area contributed by atoms with Crippen LogP contribution in [0.2, 0.25) is 0 Å². The lowest BCUT2D eigenvalue weighted by molar-refractivity contribution is 0.444. The van der Waals surface area contributed by atoms with Crippen LogP contribution in [0.25, 0.3) is 0 Å². The Labute approximate surface area is 103 Å². The first-order valence-electron chi connectivity index (χ1n) is 6.39. The van der Waals surface area contributed by atoms with Gasteiger partial charge >= 0.3 is 0 Å². The number of hydrogen-bond donors (Lipinski definition) is 1. The second kappa shape index (κ2) is 4.90. The molecule has 0 saturated carbocycles. The number of rotatable bonds is 2. The summed E-state index contributed by atoms with van der Waals surface area (Å²) in [6.07, 6.45) is 2.59. The van der Waals surface area contributed by atoms with E-state index in [9.17, 15) is 0 Å². The third kappa shape index (κ3) is 2.51. The van der Waals surface area contributed by atoms with Crippen LogP contribution in [-0.4, -0.2) is 30.1 Å². The molecule has 17 heavy (non-hydrogen) atoms. The molecule has 1 aromatic heterocycles. The lowest BCUT2D eigenvalue weighted by Crippen LogP contribution is -2.35. The van der Waals surface area contributed by atoms with E-state index in [4.69, 9.17) is 0 Å². The summed E-state index contributed by atoms with van der Waals surface area (Å²) in [7, 11) is 1.91.